The number of hydrogen-bond acceptors (Lipinski definition) is 1. The number of rotatable bonds is 0. The summed E-state index contributed by atoms with van der Waals surface area (Å²) in [5.74, 6) is 0. The Balaban J connectivity index is -0.0000000208. The van der Waals surface area contributed by atoms with Gasteiger partial charge in [-0.05, 0) is 0 Å². The van der Waals surface area contributed by atoms with Crippen molar-refractivity contribution in [2.45, 2.75) is 3.79 Å². The van der Waals surface area contributed by atoms with Gasteiger partial charge in [0.1, 0.15) is 0 Å². The second-order valence-electron chi connectivity index (χ2n) is 0.773. The molecule has 0 fully saturated rings. The molecule has 0 aliphatic rings. The molecule has 1 radical (unpaired) electrons. The van der Waals surface area contributed by atoms with E-state index in [1.165, 1.54) is 0 Å². The topological polar surface area (TPSA) is 20.2 Å². The summed E-state index contributed by atoms with van der Waals surface area (Å²) in [6, 6.07) is 0. The van der Waals surface area contributed by atoms with Gasteiger partial charge in [0.05, 0.1) is 6.61 Å². The smallest absolute Gasteiger partial charge is 1.00 e. The van der Waals surface area contributed by atoms with Crippen molar-refractivity contribution in [3.8, 4) is 0 Å². The number of aliphatic hydroxyl groups excluding tert-OH is 1. The first-order chi connectivity index (χ1) is 2.56. The number of halogens is 6. The van der Waals surface area contributed by atoms with Crippen LogP contribution in [0.5, 0.6) is 0 Å². The molecule has 0 saturated carbocycles. The van der Waals surface area contributed by atoms with Gasteiger partial charge in [0.15, 0.2) is 0 Å². The first-order valence-corrected chi connectivity index (χ1v) is 2.37. The van der Waals surface area contributed by atoms with Gasteiger partial charge in [0.25, 0.3) is 0 Å². The molecule has 0 aromatic carbocycles. The molecule has 8 heteroatoms. The van der Waals surface area contributed by atoms with E-state index in [2.05, 4.69) is 0 Å². The van der Waals surface area contributed by atoms with E-state index in [4.69, 9.17) is 39.9 Å². The predicted octanol–water partition coefficient (Wildman–Crippen LogP) is -7.64. The molecule has 1 nitrogen and oxygen atoms in total. The van der Waals surface area contributed by atoms with Gasteiger partial charge in [-0.25, -0.2) is 0 Å². The van der Waals surface area contributed by atoms with Gasteiger partial charge in [-0.1, -0.05) is 34.8 Å². The maximum absolute atomic E-state index is 8.01. The summed E-state index contributed by atoms with van der Waals surface area (Å²) in [5, 5.41) is 8.01. The Kier molecular flexibility index (Phi) is 41.1. The van der Waals surface area contributed by atoms with Crippen LogP contribution in [0.2, 0.25) is 0 Å². The Morgan fingerprint density at radius 2 is 1.10 bits per heavy atom. The van der Waals surface area contributed by atoms with Gasteiger partial charge < -0.3 is 42.3 Å². The predicted molar refractivity (Wildman–Crippen MR) is 27.4 cm³/mol. The molecular weight excluding hydrogens is 301 g/mol. The molecule has 0 aromatic heterocycles. The average molecular weight is 304 g/mol. The van der Waals surface area contributed by atoms with Crippen molar-refractivity contribution < 1.29 is 64.0 Å². The summed E-state index contributed by atoms with van der Waals surface area (Å²) in [6.07, 6.45) is 0. The summed E-state index contributed by atoms with van der Waals surface area (Å²) in [5.41, 5.74) is 0. The van der Waals surface area contributed by atoms with Crippen molar-refractivity contribution in [1.82, 2.24) is 0 Å². The fraction of sp³-hybridized carbons (Fsp3) is 1.00. The third-order valence-corrected chi connectivity index (χ3v) is 0.538. The monoisotopic (exact) mass is 301 g/mol. The molecule has 0 aromatic rings. The van der Waals surface area contributed by atoms with Gasteiger partial charge in [-0.2, -0.15) is 0 Å². The molecule has 0 bridgehead atoms. The molecule has 0 spiro atoms. The van der Waals surface area contributed by atoms with Crippen molar-refractivity contribution in [1.29, 1.82) is 0 Å². The zero-order valence-electron chi connectivity index (χ0n) is 4.42. The maximum Gasteiger partial charge on any atom is 3.00 e. The standard InChI is InChI=1S/C2H3Cl3O.3ClH.Ti/c3-2(4,5)1-6;;;;/h6H,1H2;3*1H;/q;;;;+3/p-3. The summed E-state index contributed by atoms with van der Waals surface area (Å²) in [4.78, 5) is 0. The van der Waals surface area contributed by atoms with E-state index in [0.717, 1.165) is 0 Å². The Morgan fingerprint density at radius 1 is 1.00 bits per heavy atom. The van der Waals surface area contributed by atoms with E-state index in [1.807, 2.05) is 0 Å². The second-order valence-corrected chi connectivity index (χ2v) is 3.29. The fourth-order valence-electron chi connectivity index (χ4n) is 0. The van der Waals surface area contributed by atoms with E-state index in [0.29, 0.717) is 0 Å². The van der Waals surface area contributed by atoms with Gasteiger partial charge in [-0.15, -0.1) is 0 Å². The quantitative estimate of drug-likeness (QED) is 0.348. The van der Waals surface area contributed by atoms with Crippen LogP contribution in [0.4, 0.5) is 0 Å². The molecule has 0 aliphatic heterocycles. The minimum Gasteiger partial charge on any atom is -1.00 e. The molecule has 0 amide bonds. The SMILES string of the molecule is OCC(Cl)(Cl)Cl.[Cl-].[Cl-].[Cl-].[Ti+3]. The number of aliphatic hydroxyl groups is 1. The zero-order chi connectivity index (χ0) is 5.21. The van der Waals surface area contributed by atoms with Crippen LogP contribution in [0.15, 0.2) is 0 Å². The first-order valence-electron chi connectivity index (χ1n) is 1.24. The van der Waals surface area contributed by atoms with Gasteiger partial charge in [0, 0.05) is 0 Å². The normalized spacial score (nSPS) is 7.20. The third kappa shape index (κ3) is 31.5. The molecule has 0 heterocycles. The maximum atomic E-state index is 8.01. The van der Waals surface area contributed by atoms with Crippen LogP contribution < -0.4 is 37.2 Å². The average Bonchev–Trinajstić information content (AvgIpc) is 1.35. The van der Waals surface area contributed by atoms with Gasteiger partial charge in [-0.3, -0.25) is 0 Å². The van der Waals surface area contributed by atoms with Crippen LogP contribution in [0.25, 0.3) is 0 Å². The van der Waals surface area contributed by atoms with Crippen molar-refractivity contribution in [2.24, 2.45) is 0 Å². The van der Waals surface area contributed by atoms with Crippen LogP contribution in [0, 0.1) is 0 Å². The van der Waals surface area contributed by atoms with Crippen LogP contribution in [-0.2, 0) is 21.7 Å². The van der Waals surface area contributed by atoms with Crippen LogP contribution in [-0.4, -0.2) is 15.5 Å². The summed E-state index contributed by atoms with van der Waals surface area (Å²) >= 11 is 15.0. The minimum absolute atomic E-state index is 0. The molecule has 0 unspecified atom stereocenters. The fourth-order valence-corrected chi connectivity index (χ4v) is 0. The Morgan fingerprint density at radius 3 is 1.10 bits per heavy atom. The van der Waals surface area contributed by atoms with Crippen molar-refractivity contribution >= 4 is 34.8 Å². The Bertz CT molecular complexity index is 45.5. The van der Waals surface area contributed by atoms with E-state index < -0.39 is 10.4 Å². The minimum atomic E-state index is -1.49. The Hall–Kier alpha value is 2.41. The number of hydrogen-bond donors (Lipinski definition) is 1. The molecule has 1 N–H and O–H groups in total. The van der Waals surface area contributed by atoms with Gasteiger partial charge in [0.2, 0.25) is 3.79 Å². The second kappa shape index (κ2) is 14.0. The van der Waals surface area contributed by atoms with Gasteiger partial charge >= 0.3 is 21.7 Å². The molecule has 10 heavy (non-hydrogen) atoms. The van der Waals surface area contributed by atoms with E-state index in [-0.39, 0.29) is 58.9 Å². The third-order valence-electron chi connectivity index (χ3n) is 0.179. The summed E-state index contributed by atoms with van der Waals surface area (Å²) in [7, 11) is 0. The molecule has 63 valence electrons. The molecule has 0 saturated heterocycles. The van der Waals surface area contributed by atoms with E-state index >= 15 is 0 Å². The van der Waals surface area contributed by atoms with E-state index in [9.17, 15) is 0 Å². The van der Waals surface area contributed by atoms with Crippen LogP contribution >= 0.6 is 34.8 Å². The number of alkyl halides is 3. The Labute approximate surface area is 108 Å². The molecule has 0 rings (SSSR count). The first kappa shape index (κ1) is 29.4. The van der Waals surface area contributed by atoms with Crippen molar-refractivity contribution in [2.75, 3.05) is 6.61 Å². The van der Waals surface area contributed by atoms with Crippen LogP contribution in [0.1, 0.15) is 0 Å². The van der Waals surface area contributed by atoms with Crippen molar-refractivity contribution in [3.05, 3.63) is 0 Å². The molecule has 0 aliphatic carbocycles. The molecular formula is C2H3Cl6OTi. The van der Waals surface area contributed by atoms with Crippen molar-refractivity contribution in [3.63, 3.8) is 0 Å². The van der Waals surface area contributed by atoms with Crippen LogP contribution in [0.3, 0.4) is 0 Å². The summed E-state index contributed by atoms with van der Waals surface area (Å²) in [6.45, 7) is -0.433. The summed E-state index contributed by atoms with van der Waals surface area (Å²) < 4.78 is -1.49. The zero-order valence-corrected chi connectivity index (χ0v) is 10.5. The van der Waals surface area contributed by atoms with E-state index in [1.54, 1.807) is 0 Å². The largest absolute Gasteiger partial charge is 3.00 e. The molecule has 0 atom stereocenters.